The van der Waals surface area contributed by atoms with Gasteiger partial charge in [-0.1, -0.05) is 13.0 Å². The summed E-state index contributed by atoms with van der Waals surface area (Å²) in [6.07, 6.45) is -4.92. The fourth-order valence-electron chi connectivity index (χ4n) is 2.71. The summed E-state index contributed by atoms with van der Waals surface area (Å²) < 4.78 is 90.6. The first-order valence-corrected chi connectivity index (χ1v) is 10.6. The Morgan fingerprint density at radius 2 is 1.81 bits per heavy atom. The number of anilines is 1. The van der Waals surface area contributed by atoms with Gasteiger partial charge in [-0.05, 0) is 29.8 Å². The number of alkyl halides is 3. The summed E-state index contributed by atoms with van der Waals surface area (Å²) in [5.74, 6) is -7.94. The maximum Gasteiger partial charge on any atom is 0.453 e. The van der Waals surface area contributed by atoms with Crippen molar-refractivity contribution in [3.8, 4) is 0 Å². The number of carbonyl (C=O) groups is 1. The van der Waals surface area contributed by atoms with Crippen molar-refractivity contribution in [2.75, 3.05) is 16.8 Å². The molecular formula is C17H14F5N5O4S. The van der Waals surface area contributed by atoms with Crippen LogP contribution in [0.1, 0.15) is 18.3 Å². The smallest absolute Gasteiger partial charge is 0.374 e. The van der Waals surface area contributed by atoms with Crippen LogP contribution in [0.2, 0.25) is 0 Å². The fourth-order valence-corrected chi connectivity index (χ4v) is 3.84. The maximum atomic E-state index is 13.7. The second-order valence-electron chi connectivity index (χ2n) is 6.63. The van der Waals surface area contributed by atoms with Gasteiger partial charge in [0.15, 0.2) is 38.5 Å². The van der Waals surface area contributed by atoms with E-state index in [9.17, 15) is 40.3 Å². The molecule has 0 aliphatic carbocycles. The van der Waals surface area contributed by atoms with Gasteiger partial charge < -0.3 is 10.4 Å². The largest absolute Gasteiger partial charge is 0.453 e. The summed E-state index contributed by atoms with van der Waals surface area (Å²) >= 11 is 0. The molecule has 1 atom stereocenters. The number of aromatic nitrogens is 4. The van der Waals surface area contributed by atoms with E-state index in [0.29, 0.717) is 12.1 Å². The molecule has 32 heavy (non-hydrogen) atoms. The van der Waals surface area contributed by atoms with Crippen LogP contribution < -0.4 is 5.32 Å². The lowest BCUT2D eigenvalue weighted by Crippen LogP contribution is -2.46. The third-order valence-electron chi connectivity index (χ3n) is 4.40. The molecule has 2 heterocycles. The Morgan fingerprint density at radius 3 is 2.41 bits per heavy atom. The average molecular weight is 479 g/mol. The van der Waals surface area contributed by atoms with Crippen molar-refractivity contribution >= 4 is 27.2 Å². The molecule has 2 aromatic heterocycles. The minimum atomic E-state index is -4.92. The van der Waals surface area contributed by atoms with E-state index in [1.165, 1.54) is 6.92 Å². The fraction of sp³-hybridized carbons (Fsp3) is 0.294. The first-order valence-electron chi connectivity index (χ1n) is 8.76. The Bertz CT molecular complexity index is 1290. The summed E-state index contributed by atoms with van der Waals surface area (Å²) in [6, 6.07) is 3.89. The number of sulfone groups is 1. The van der Waals surface area contributed by atoms with Crippen molar-refractivity contribution in [2.24, 2.45) is 0 Å². The van der Waals surface area contributed by atoms with Crippen LogP contribution in [0.4, 0.5) is 27.8 Å². The van der Waals surface area contributed by atoms with Crippen LogP contribution in [0.25, 0.3) is 5.65 Å². The summed E-state index contributed by atoms with van der Waals surface area (Å²) in [5, 5.41) is 22.7. The van der Waals surface area contributed by atoms with Crippen LogP contribution in [0.3, 0.4) is 0 Å². The Labute approximate surface area is 176 Å². The first kappa shape index (κ1) is 23.5. The number of hydrogen-bond donors (Lipinski definition) is 2. The van der Waals surface area contributed by atoms with Crippen LogP contribution in [0.15, 0.2) is 30.3 Å². The molecule has 3 aromatic rings. The summed E-state index contributed by atoms with van der Waals surface area (Å²) in [4.78, 5) is 12.8. The van der Waals surface area contributed by atoms with Crippen LogP contribution in [0.5, 0.6) is 0 Å². The lowest BCUT2D eigenvalue weighted by Gasteiger charge is -2.27. The standard InChI is InChI=1S/C17H14F5N5O4S/c1-2-32(30,31)8-16(29,9-3-4-10(18)11(19)7-9)15(28)23-12-5-6-13-24-25-14(17(20,21)22)27(13)26-12/h3-7,29H,2,8H2,1H3,(H,23,26,28). The highest BCUT2D eigenvalue weighted by molar-refractivity contribution is 7.91. The second-order valence-corrected chi connectivity index (χ2v) is 8.98. The van der Waals surface area contributed by atoms with Gasteiger partial charge in [0, 0.05) is 5.75 Å². The zero-order valence-electron chi connectivity index (χ0n) is 16.1. The van der Waals surface area contributed by atoms with Gasteiger partial charge in [-0.2, -0.15) is 17.7 Å². The number of halogens is 5. The molecule has 1 unspecified atom stereocenters. The molecule has 0 saturated carbocycles. The molecule has 3 rings (SSSR count). The highest BCUT2D eigenvalue weighted by atomic mass is 32.2. The Hall–Kier alpha value is -3.20. The van der Waals surface area contributed by atoms with E-state index in [0.717, 1.165) is 18.2 Å². The number of carbonyl (C=O) groups excluding carboxylic acids is 1. The van der Waals surface area contributed by atoms with Crippen LogP contribution in [0, 0.1) is 11.6 Å². The molecule has 1 amide bonds. The van der Waals surface area contributed by atoms with E-state index < -0.39 is 67.9 Å². The highest BCUT2D eigenvalue weighted by Gasteiger charge is 2.43. The van der Waals surface area contributed by atoms with Crippen molar-refractivity contribution in [1.29, 1.82) is 0 Å². The molecule has 0 spiro atoms. The van der Waals surface area contributed by atoms with Crippen molar-refractivity contribution in [3.05, 3.63) is 53.4 Å². The average Bonchev–Trinajstić information content (AvgIpc) is 3.13. The summed E-state index contributed by atoms with van der Waals surface area (Å²) in [7, 11) is -4.06. The van der Waals surface area contributed by atoms with Crippen molar-refractivity contribution in [1.82, 2.24) is 19.8 Å². The van der Waals surface area contributed by atoms with Crippen molar-refractivity contribution in [2.45, 2.75) is 18.7 Å². The SMILES string of the molecule is CCS(=O)(=O)CC(O)(C(=O)Nc1ccc2nnc(C(F)(F)F)n2n1)c1ccc(F)c(F)c1. The van der Waals surface area contributed by atoms with E-state index in [-0.39, 0.29) is 10.2 Å². The van der Waals surface area contributed by atoms with E-state index >= 15 is 0 Å². The maximum absolute atomic E-state index is 13.7. The molecule has 0 aliphatic heterocycles. The van der Waals surface area contributed by atoms with Gasteiger partial charge in [-0.15, -0.1) is 15.3 Å². The van der Waals surface area contributed by atoms with E-state index in [2.05, 4.69) is 15.3 Å². The van der Waals surface area contributed by atoms with Gasteiger partial charge in [0.1, 0.15) is 0 Å². The van der Waals surface area contributed by atoms with E-state index in [1.54, 1.807) is 0 Å². The predicted molar refractivity (Wildman–Crippen MR) is 99.0 cm³/mol. The topological polar surface area (TPSA) is 127 Å². The third-order valence-corrected chi connectivity index (χ3v) is 6.14. The molecule has 0 saturated heterocycles. The van der Waals surface area contributed by atoms with E-state index in [4.69, 9.17) is 0 Å². The molecular weight excluding hydrogens is 465 g/mol. The molecule has 0 bridgehead atoms. The van der Waals surface area contributed by atoms with Gasteiger partial charge in [0.05, 0.1) is 5.75 Å². The van der Waals surface area contributed by atoms with Crippen LogP contribution in [-0.4, -0.2) is 50.7 Å². The zero-order valence-corrected chi connectivity index (χ0v) is 16.9. The normalized spacial score (nSPS) is 14.3. The molecule has 2 N–H and O–H groups in total. The number of fused-ring (bicyclic) bond motifs is 1. The van der Waals surface area contributed by atoms with E-state index in [1.807, 2.05) is 5.32 Å². The van der Waals surface area contributed by atoms with Crippen LogP contribution >= 0.6 is 0 Å². The number of hydrogen-bond acceptors (Lipinski definition) is 7. The van der Waals surface area contributed by atoms with Crippen molar-refractivity contribution < 1.29 is 40.3 Å². The molecule has 15 heteroatoms. The number of benzene rings is 1. The molecule has 172 valence electrons. The number of nitrogens with zero attached hydrogens (tertiary/aromatic N) is 4. The summed E-state index contributed by atoms with van der Waals surface area (Å²) in [6.45, 7) is 1.24. The number of nitrogens with one attached hydrogen (secondary N) is 1. The highest BCUT2D eigenvalue weighted by Crippen LogP contribution is 2.29. The molecule has 0 fully saturated rings. The zero-order chi connectivity index (χ0) is 23.9. The molecule has 9 nitrogen and oxygen atoms in total. The third kappa shape index (κ3) is 4.52. The quantitative estimate of drug-likeness (QED) is 0.515. The number of aliphatic hydroxyl groups is 1. The van der Waals surface area contributed by atoms with Crippen LogP contribution in [-0.2, 0) is 26.4 Å². The Morgan fingerprint density at radius 1 is 1.12 bits per heavy atom. The molecule has 1 aromatic carbocycles. The van der Waals surface area contributed by atoms with Crippen molar-refractivity contribution in [3.63, 3.8) is 0 Å². The van der Waals surface area contributed by atoms with Gasteiger partial charge in [-0.3, -0.25) is 4.79 Å². The second kappa shape index (κ2) is 8.05. The van der Waals surface area contributed by atoms with Gasteiger partial charge in [-0.25, -0.2) is 17.2 Å². The lowest BCUT2D eigenvalue weighted by atomic mass is 9.94. The molecule has 0 radical (unpaired) electrons. The number of rotatable bonds is 6. The Kier molecular flexibility index (Phi) is 5.90. The van der Waals surface area contributed by atoms with Gasteiger partial charge >= 0.3 is 6.18 Å². The Balaban J connectivity index is 2.04. The monoisotopic (exact) mass is 479 g/mol. The summed E-state index contributed by atoms with van der Waals surface area (Å²) in [5.41, 5.74) is -3.81. The first-order chi connectivity index (χ1) is 14.8. The molecule has 0 aliphatic rings. The number of amides is 1. The van der Waals surface area contributed by atoms with Gasteiger partial charge in [0.2, 0.25) is 0 Å². The van der Waals surface area contributed by atoms with Gasteiger partial charge in [0.25, 0.3) is 11.7 Å². The minimum absolute atomic E-state index is 0.287. The predicted octanol–water partition coefficient (Wildman–Crippen LogP) is 1.68. The minimum Gasteiger partial charge on any atom is -0.374 e. The lowest BCUT2D eigenvalue weighted by molar-refractivity contribution is -0.146.